The van der Waals surface area contributed by atoms with Crippen molar-refractivity contribution in [2.75, 3.05) is 34.4 Å². The van der Waals surface area contributed by atoms with Crippen LogP contribution in [-0.4, -0.2) is 43.1 Å². The molecule has 9 nitrogen and oxygen atoms in total. The molecule has 0 aliphatic carbocycles. The molecule has 0 saturated heterocycles. The first-order valence-corrected chi connectivity index (χ1v) is 14.3. The Labute approximate surface area is 220 Å². The summed E-state index contributed by atoms with van der Waals surface area (Å²) in [5.41, 5.74) is 2.73. The van der Waals surface area contributed by atoms with Gasteiger partial charge in [-0.25, -0.2) is 18.1 Å². The van der Waals surface area contributed by atoms with Crippen LogP contribution in [-0.2, 0) is 14.8 Å². The summed E-state index contributed by atoms with van der Waals surface area (Å²) >= 11 is 7.89. The smallest absolute Gasteiger partial charge is 0.240 e. The normalized spacial score (nSPS) is 13.4. The van der Waals surface area contributed by atoms with Gasteiger partial charge < -0.3 is 15.5 Å². The van der Waals surface area contributed by atoms with Gasteiger partial charge in [0.05, 0.1) is 22.5 Å². The van der Waals surface area contributed by atoms with Gasteiger partial charge >= 0.3 is 0 Å². The Morgan fingerprint density at radius 3 is 2.61 bits per heavy atom. The van der Waals surface area contributed by atoms with E-state index in [1.165, 1.54) is 18.0 Å². The van der Waals surface area contributed by atoms with E-state index in [4.69, 9.17) is 11.6 Å². The van der Waals surface area contributed by atoms with E-state index in [1.54, 1.807) is 32.0 Å². The van der Waals surface area contributed by atoms with Gasteiger partial charge in [-0.15, -0.1) is 11.8 Å². The lowest BCUT2D eigenvalue weighted by molar-refractivity contribution is -0.116. The first-order valence-electron chi connectivity index (χ1n) is 11.5. The summed E-state index contributed by atoms with van der Waals surface area (Å²) in [6.45, 7) is 6.45. The van der Waals surface area contributed by atoms with Crippen molar-refractivity contribution < 1.29 is 13.2 Å². The van der Waals surface area contributed by atoms with E-state index >= 15 is 0 Å². The molecule has 2 aromatic carbocycles. The number of amides is 1. The molecule has 0 bridgehead atoms. The third-order valence-electron chi connectivity index (χ3n) is 5.42. The third kappa shape index (κ3) is 5.75. The molecular formula is C24H27ClN6O3S2. The van der Waals surface area contributed by atoms with Crippen LogP contribution in [0.1, 0.15) is 25.8 Å². The molecule has 0 fully saturated rings. The fraction of sp³-hybridized carbons (Fsp3) is 0.292. The maximum absolute atomic E-state index is 12.5. The van der Waals surface area contributed by atoms with E-state index in [0.717, 1.165) is 22.7 Å². The number of nitrogens with zero attached hydrogens (tertiary/aromatic N) is 3. The largest absolute Gasteiger partial charge is 0.339 e. The fourth-order valence-corrected chi connectivity index (χ4v) is 6.13. The number of sulfonamides is 1. The van der Waals surface area contributed by atoms with Crippen LogP contribution in [0, 0.1) is 6.92 Å². The van der Waals surface area contributed by atoms with Gasteiger partial charge in [-0.05, 0) is 49.2 Å². The van der Waals surface area contributed by atoms with Crippen LogP contribution in [0.15, 0.2) is 52.4 Å². The lowest BCUT2D eigenvalue weighted by atomic mass is 10.2. The van der Waals surface area contributed by atoms with Crippen LogP contribution in [0.2, 0.25) is 5.02 Å². The topological polar surface area (TPSA) is 116 Å². The maximum atomic E-state index is 12.5. The summed E-state index contributed by atoms with van der Waals surface area (Å²) in [5.74, 6) is 1.14. The Kier molecular flexibility index (Phi) is 8.04. The summed E-state index contributed by atoms with van der Waals surface area (Å²) in [7, 11) is -3.63. The number of benzene rings is 2. The molecule has 12 heteroatoms. The van der Waals surface area contributed by atoms with Gasteiger partial charge in [-0.2, -0.15) is 4.98 Å². The number of fused-ring (bicyclic) bond motifs is 1. The van der Waals surface area contributed by atoms with Crippen molar-refractivity contribution in [2.24, 2.45) is 0 Å². The minimum Gasteiger partial charge on any atom is -0.339 e. The van der Waals surface area contributed by atoms with Crippen LogP contribution < -0.4 is 20.3 Å². The summed E-state index contributed by atoms with van der Waals surface area (Å²) in [4.78, 5) is 24.2. The van der Waals surface area contributed by atoms with Crippen molar-refractivity contribution in [3.63, 3.8) is 0 Å². The first-order chi connectivity index (χ1) is 17.2. The van der Waals surface area contributed by atoms with Crippen LogP contribution >= 0.6 is 23.4 Å². The van der Waals surface area contributed by atoms with Gasteiger partial charge in [-0.1, -0.05) is 31.5 Å². The second-order valence-electron chi connectivity index (χ2n) is 8.14. The summed E-state index contributed by atoms with van der Waals surface area (Å²) in [6, 6.07) is 10.8. The number of aryl methyl sites for hydroxylation is 1. The molecule has 4 rings (SSSR count). The SMILES string of the molecule is CCCN1C(=O)CSc2ccc(Nc3nc(Nc4ccc(C)c(S(=O)(=O)NCC)c4)ncc3Cl)cc21. The Morgan fingerprint density at radius 1 is 1.11 bits per heavy atom. The molecule has 0 atom stereocenters. The highest BCUT2D eigenvalue weighted by atomic mass is 35.5. The number of hydrogen-bond donors (Lipinski definition) is 3. The van der Waals surface area contributed by atoms with Gasteiger partial charge in [0.1, 0.15) is 5.02 Å². The highest BCUT2D eigenvalue weighted by Gasteiger charge is 2.24. The van der Waals surface area contributed by atoms with E-state index in [-0.39, 0.29) is 16.8 Å². The standard InChI is InChI=1S/C24H27ClN6O3S2/c1-4-10-31-19-11-16(8-9-20(19)35-14-22(31)32)28-23-18(25)13-26-24(30-23)29-17-7-6-15(3)21(12-17)36(33,34)27-5-2/h6-9,11-13,27H,4-5,10,14H2,1-3H3,(H2,26,28,29,30). The van der Waals surface area contributed by atoms with Crippen LogP contribution in [0.4, 0.5) is 28.8 Å². The average molecular weight is 547 g/mol. The number of thioether (sulfide) groups is 1. The van der Waals surface area contributed by atoms with E-state index in [1.807, 2.05) is 30.0 Å². The van der Waals surface area contributed by atoms with Crippen molar-refractivity contribution in [2.45, 2.75) is 37.0 Å². The second-order valence-corrected chi connectivity index (χ2v) is 11.3. The van der Waals surface area contributed by atoms with Crippen LogP contribution in [0.25, 0.3) is 0 Å². The molecule has 1 amide bonds. The molecule has 1 aromatic heterocycles. The maximum Gasteiger partial charge on any atom is 0.240 e. The highest BCUT2D eigenvalue weighted by molar-refractivity contribution is 8.00. The lowest BCUT2D eigenvalue weighted by Crippen LogP contribution is -2.35. The van der Waals surface area contributed by atoms with Crippen LogP contribution in [0.3, 0.4) is 0 Å². The van der Waals surface area contributed by atoms with Gasteiger partial charge in [-0.3, -0.25) is 4.79 Å². The Bertz CT molecular complexity index is 1400. The quantitative estimate of drug-likeness (QED) is 0.340. The molecule has 0 saturated carbocycles. The molecule has 3 aromatic rings. The van der Waals surface area contributed by atoms with E-state index in [0.29, 0.717) is 40.9 Å². The second kappa shape index (κ2) is 11.0. The van der Waals surface area contributed by atoms with Gasteiger partial charge in [0.15, 0.2) is 5.82 Å². The molecule has 0 spiro atoms. The Balaban J connectivity index is 1.59. The van der Waals surface area contributed by atoms with Crippen LogP contribution in [0.5, 0.6) is 0 Å². The predicted molar refractivity (Wildman–Crippen MR) is 145 cm³/mol. The monoisotopic (exact) mass is 546 g/mol. The minimum absolute atomic E-state index is 0.0895. The van der Waals surface area contributed by atoms with Gasteiger partial charge in [0.2, 0.25) is 21.9 Å². The van der Waals surface area contributed by atoms with Crippen molar-refractivity contribution in [1.82, 2.24) is 14.7 Å². The number of carbonyl (C=O) groups excluding carboxylic acids is 1. The zero-order valence-electron chi connectivity index (χ0n) is 20.1. The number of rotatable bonds is 9. The fourth-order valence-electron chi connectivity index (χ4n) is 3.76. The van der Waals surface area contributed by atoms with E-state index < -0.39 is 10.0 Å². The molecule has 3 N–H and O–H groups in total. The molecule has 1 aliphatic rings. The lowest BCUT2D eigenvalue weighted by Gasteiger charge is -2.29. The van der Waals surface area contributed by atoms with E-state index in [9.17, 15) is 13.2 Å². The number of anilines is 5. The predicted octanol–water partition coefficient (Wildman–Crippen LogP) is 5.07. The summed E-state index contributed by atoms with van der Waals surface area (Å²) in [6.07, 6.45) is 2.32. The van der Waals surface area contributed by atoms with E-state index in [2.05, 4.69) is 25.3 Å². The molecule has 0 radical (unpaired) electrons. The average Bonchev–Trinajstić information content (AvgIpc) is 2.84. The number of aromatic nitrogens is 2. The molecule has 190 valence electrons. The number of hydrogen-bond acceptors (Lipinski definition) is 8. The zero-order chi connectivity index (χ0) is 25.9. The Morgan fingerprint density at radius 2 is 1.86 bits per heavy atom. The third-order valence-corrected chi connectivity index (χ3v) is 8.44. The van der Waals surface area contributed by atoms with Gasteiger partial charge in [0, 0.05) is 29.4 Å². The van der Waals surface area contributed by atoms with Crippen molar-refractivity contribution in [3.8, 4) is 0 Å². The van der Waals surface area contributed by atoms with Crippen molar-refractivity contribution in [3.05, 3.63) is 53.2 Å². The molecule has 0 unspecified atom stereocenters. The molecule has 1 aliphatic heterocycles. The number of halogens is 1. The highest BCUT2D eigenvalue weighted by Crippen LogP contribution is 2.38. The number of carbonyl (C=O) groups is 1. The molecule has 2 heterocycles. The minimum atomic E-state index is -3.63. The van der Waals surface area contributed by atoms with Crippen molar-refractivity contribution >= 4 is 68.1 Å². The Hall–Kier alpha value is -2.86. The summed E-state index contributed by atoms with van der Waals surface area (Å²) in [5, 5.41) is 6.57. The van der Waals surface area contributed by atoms with Crippen molar-refractivity contribution in [1.29, 1.82) is 0 Å². The molecule has 36 heavy (non-hydrogen) atoms. The zero-order valence-corrected chi connectivity index (χ0v) is 22.5. The first kappa shape index (κ1) is 26.2. The molecular weight excluding hydrogens is 520 g/mol. The van der Waals surface area contributed by atoms with Gasteiger partial charge in [0.25, 0.3) is 0 Å². The number of nitrogens with one attached hydrogen (secondary N) is 3. The summed E-state index contributed by atoms with van der Waals surface area (Å²) < 4.78 is 27.6.